The van der Waals surface area contributed by atoms with Crippen LogP contribution in [-0.2, 0) is 6.18 Å². The van der Waals surface area contributed by atoms with Crippen molar-refractivity contribution >= 4 is 11.6 Å². The predicted molar refractivity (Wildman–Crippen MR) is 92.1 cm³/mol. The standard InChI is InChI=1S/C18H12F3N3O3/c19-18(20,21)11-6-8-12(9-7-11)23-15(25)14-10-22-17(27)24(16(14)26)13-4-2-1-3-5-13/h1-10H,(H,22,27)(H,23,25). The minimum Gasteiger partial charge on any atom is -0.322 e. The van der Waals surface area contributed by atoms with Crippen LogP contribution >= 0.6 is 0 Å². The lowest BCUT2D eigenvalue weighted by Gasteiger charge is -2.09. The fraction of sp³-hybridized carbons (Fsp3) is 0.0556. The number of aromatic nitrogens is 2. The number of anilines is 1. The van der Waals surface area contributed by atoms with Gasteiger partial charge in [0.2, 0.25) is 0 Å². The zero-order valence-electron chi connectivity index (χ0n) is 13.6. The molecular formula is C18H12F3N3O3. The van der Waals surface area contributed by atoms with Crippen molar-refractivity contribution in [2.24, 2.45) is 0 Å². The number of benzene rings is 2. The summed E-state index contributed by atoms with van der Waals surface area (Å²) in [4.78, 5) is 39.2. The minimum absolute atomic E-state index is 0.0739. The molecule has 9 heteroatoms. The van der Waals surface area contributed by atoms with Crippen molar-refractivity contribution < 1.29 is 18.0 Å². The third-order valence-electron chi connectivity index (χ3n) is 3.71. The van der Waals surface area contributed by atoms with E-state index < -0.39 is 28.9 Å². The third-order valence-corrected chi connectivity index (χ3v) is 3.71. The third kappa shape index (κ3) is 3.81. The molecule has 0 aliphatic heterocycles. The molecule has 0 saturated carbocycles. The number of carbonyl (C=O) groups is 1. The van der Waals surface area contributed by atoms with Gasteiger partial charge in [-0.25, -0.2) is 9.36 Å². The number of para-hydroxylation sites is 1. The summed E-state index contributed by atoms with van der Waals surface area (Å²) >= 11 is 0. The number of H-pyrrole nitrogens is 1. The van der Waals surface area contributed by atoms with Crippen LogP contribution in [0.4, 0.5) is 18.9 Å². The van der Waals surface area contributed by atoms with Gasteiger partial charge >= 0.3 is 11.9 Å². The Morgan fingerprint density at radius 3 is 2.19 bits per heavy atom. The Hall–Kier alpha value is -3.62. The first-order valence-electron chi connectivity index (χ1n) is 7.66. The smallest absolute Gasteiger partial charge is 0.322 e. The van der Waals surface area contributed by atoms with Gasteiger partial charge in [-0.15, -0.1) is 0 Å². The van der Waals surface area contributed by atoms with Crippen LogP contribution in [0.2, 0.25) is 0 Å². The molecule has 1 heterocycles. The number of halogens is 3. The molecule has 2 aromatic carbocycles. The van der Waals surface area contributed by atoms with Crippen LogP contribution in [0.25, 0.3) is 5.69 Å². The molecule has 27 heavy (non-hydrogen) atoms. The monoisotopic (exact) mass is 375 g/mol. The maximum absolute atomic E-state index is 12.6. The summed E-state index contributed by atoms with van der Waals surface area (Å²) < 4.78 is 38.5. The summed E-state index contributed by atoms with van der Waals surface area (Å²) in [6, 6.07) is 11.7. The van der Waals surface area contributed by atoms with Gasteiger partial charge in [0.15, 0.2) is 0 Å². The number of nitrogens with one attached hydrogen (secondary N) is 2. The van der Waals surface area contributed by atoms with Crippen LogP contribution in [0.15, 0.2) is 70.4 Å². The van der Waals surface area contributed by atoms with E-state index in [4.69, 9.17) is 0 Å². The fourth-order valence-corrected chi connectivity index (χ4v) is 2.39. The number of hydrogen-bond donors (Lipinski definition) is 2. The molecular weight excluding hydrogens is 363 g/mol. The van der Waals surface area contributed by atoms with Crippen LogP contribution in [-0.4, -0.2) is 15.5 Å². The Labute approximate surface area is 149 Å². The van der Waals surface area contributed by atoms with Gasteiger partial charge in [0, 0.05) is 11.9 Å². The Bertz CT molecular complexity index is 1090. The zero-order chi connectivity index (χ0) is 19.6. The second kappa shape index (κ2) is 6.94. The van der Waals surface area contributed by atoms with E-state index in [0.29, 0.717) is 0 Å². The Kier molecular flexibility index (Phi) is 4.68. The van der Waals surface area contributed by atoms with Crippen molar-refractivity contribution in [3.63, 3.8) is 0 Å². The van der Waals surface area contributed by atoms with Crippen molar-refractivity contribution in [1.82, 2.24) is 9.55 Å². The molecule has 2 N–H and O–H groups in total. The molecule has 0 aliphatic rings. The molecule has 0 atom stereocenters. The van der Waals surface area contributed by atoms with Gasteiger partial charge in [0.25, 0.3) is 11.5 Å². The molecule has 0 saturated heterocycles. The van der Waals surface area contributed by atoms with E-state index in [9.17, 15) is 27.6 Å². The molecule has 6 nitrogen and oxygen atoms in total. The maximum atomic E-state index is 12.6. The van der Waals surface area contributed by atoms with E-state index in [0.717, 1.165) is 35.0 Å². The van der Waals surface area contributed by atoms with Crippen molar-refractivity contribution in [3.05, 3.63) is 92.8 Å². The number of amides is 1. The van der Waals surface area contributed by atoms with Gasteiger partial charge in [0.05, 0.1) is 11.3 Å². The molecule has 3 aromatic rings. The first-order valence-corrected chi connectivity index (χ1v) is 7.66. The van der Waals surface area contributed by atoms with Gasteiger partial charge in [-0.2, -0.15) is 13.2 Å². The van der Waals surface area contributed by atoms with Crippen LogP contribution in [0.1, 0.15) is 15.9 Å². The summed E-state index contributed by atoms with van der Waals surface area (Å²) in [5, 5.41) is 2.33. The summed E-state index contributed by atoms with van der Waals surface area (Å²) in [6.07, 6.45) is -3.53. The van der Waals surface area contributed by atoms with Crippen LogP contribution in [0.3, 0.4) is 0 Å². The highest BCUT2D eigenvalue weighted by Gasteiger charge is 2.30. The molecule has 1 amide bonds. The summed E-state index contributed by atoms with van der Waals surface area (Å²) in [5.41, 5.74) is -2.46. The number of alkyl halides is 3. The van der Waals surface area contributed by atoms with Gasteiger partial charge in [-0.3, -0.25) is 9.59 Å². The molecule has 3 rings (SSSR count). The molecule has 0 aliphatic carbocycles. The van der Waals surface area contributed by atoms with Gasteiger partial charge in [-0.1, -0.05) is 18.2 Å². The lowest BCUT2D eigenvalue weighted by atomic mass is 10.2. The largest absolute Gasteiger partial charge is 0.416 e. The highest BCUT2D eigenvalue weighted by molar-refractivity contribution is 6.03. The molecule has 0 unspecified atom stereocenters. The van der Waals surface area contributed by atoms with E-state index in [1.54, 1.807) is 18.2 Å². The molecule has 138 valence electrons. The van der Waals surface area contributed by atoms with Crippen molar-refractivity contribution in [3.8, 4) is 5.69 Å². The van der Waals surface area contributed by atoms with E-state index in [-0.39, 0.29) is 16.9 Å². The summed E-state index contributed by atoms with van der Waals surface area (Å²) in [5.74, 6) is -0.860. The summed E-state index contributed by atoms with van der Waals surface area (Å²) in [6.45, 7) is 0. The average Bonchev–Trinajstić information content (AvgIpc) is 2.62. The average molecular weight is 375 g/mol. The fourth-order valence-electron chi connectivity index (χ4n) is 2.39. The quantitative estimate of drug-likeness (QED) is 0.738. The van der Waals surface area contributed by atoms with E-state index in [1.807, 2.05) is 0 Å². The molecule has 0 spiro atoms. The van der Waals surface area contributed by atoms with E-state index in [1.165, 1.54) is 12.1 Å². The van der Waals surface area contributed by atoms with Gasteiger partial charge in [0.1, 0.15) is 5.56 Å². The topological polar surface area (TPSA) is 84.0 Å². The highest BCUT2D eigenvalue weighted by atomic mass is 19.4. The lowest BCUT2D eigenvalue weighted by molar-refractivity contribution is -0.137. The number of aromatic amines is 1. The normalized spacial score (nSPS) is 11.2. The van der Waals surface area contributed by atoms with Crippen molar-refractivity contribution in [1.29, 1.82) is 0 Å². The Morgan fingerprint density at radius 1 is 0.963 bits per heavy atom. The van der Waals surface area contributed by atoms with Crippen LogP contribution < -0.4 is 16.6 Å². The molecule has 1 aromatic heterocycles. The number of rotatable bonds is 3. The van der Waals surface area contributed by atoms with Crippen molar-refractivity contribution in [2.75, 3.05) is 5.32 Å². The second-order valence-corrected chi connectivity index (χ2v) is 5.51. The Balaban J connectivity index is 1.92. The first-order chi connectivity index (χ1) is 12.8. The van der Waals surface area contributed by atoms with Gasteiger partial charge in [-0.05, 0) is 36.4 Å². The number of hydrogen-bond acceptors (Lipinski definition) is 3. The van der Waals surface area contributed by atoms with Gasteiger partial charge < -0.3 is 10.3 Å². The number of nitrogens with zero attached hydrogens (tertiary/aromatic N) is 1. The molecule has 0 fully saturated rings. The van der Waals surface area contributed by atoms with E-state index in [2.05, 4.69) is 10.3 Å². The highest BCUT2D eigenvalue weighted by Crippen LogP contribution is 2.29. The Morgan fingerprint density at radius 2 is 1.59 bits per heavy atom. The van der Waals surface area contributed by atoms with E-state index >= 15 is 0 Å². The first kappa shape index (κ1) is 18.2. The van der Waals surface area contributed by atoms with Crippen LogP contribution in [0.5, 0.6) is 0 Å². The molecule has 0 radical (unpaired) electrons. The second-order valence-electron chi connectivity index (χ2n) is 5.51. The maximum Gasteiger partial charge on any atom is 0.416 e. The van der Waals surface area contributed by atoms with Crippen LogP contribution in [0, 0.1) is 0 Å². The number of carbonyl (C=O) groups excluding carboxylic acids is 1. The zero-order valence-corrected chi connectivity index (χ0v) is 13.6. The summed E-state index contributed by atoms with van der Waals surface area (Å²) in [7, 11) is 0. The predicted octanol–water partition coefficient (Wildman–Crippen LogP) is 2.80. The minimum atomic E-state index is -4.50. The molecule has 0 bridgehead atoms. The van der Waals surface area contributed by atoms with Crippen molar-refractivity contribution in [2.45, 2.75) is 6.18 Å². The lowest BCUT2D eigenvalue weighted by Crippen LogP contribution is -2.38. The SMILES string of the molecule is O=C(Nc1ccc(C(F)(F)F)cc1)c1c[nH]c(=O)n(-c2ccccc2)c1=O.